The van der Waals surface area contributed by atoms with Crippen molar-refractivity contribution < 1.29 is 19.1 Å². The van der Waals surface area contributed by atoms with Gasteiger partial charge in [0.2, 0.25) is 0 Å². The van der Waals surface area contributed by atoms with Crippen molar-refractivity contribution in [1.29, 1.82) is 0 Å². The van der Waals surface area contributed by atoms with Crippen LogP contribution in [0.1, 0.15) is 26.3 Å². The van der Waals surface area contributed by atoms with Crippen LogP contribution in [-0.2, 0) is 25.5 Å². The quantitative estimate of drug-likeness (QED) is 0.616. The van der Waals surface area contributed by atoms with Gasteiger partial charge in [-0.25, -0.2) is 0 Å². The van der Waals surface area contributed by atoms with E-state index in [9.17, 15) is 9.59 Å². The van der Waals surface area contributed by atoms with Crippen LogP contribution >= 0.6 is 0 Å². The second-order valence-corrected chi connectivity index (χ2v) is 6.29. The molecule has 0 saturated carbocycles. The Morgan fingerprint density at radius 1 is 1.22 bits per heavy atom. The second-order valence-electron chi connectivity index (χ2n) is 6.29. The fraction of sp³-hybridized carbons (Fsp3) is 0.444. The first kappa shape index (κ1) is 18.9. The lowest BCUT2D eigenvalue weighted by Crippen LogP contribution is -2.33. The van der Waals surface area contributed by atoms with E-state index in [1.807, 2.05) is 30.3 Å². The van der Waals surface area contributed by atoms with Crippen LogP contribution in [0.15, 0.2) is 42.5 Å². The van der Waals surface area contributed by atoms with Gasteiger partial charge < -0.3 is 15.2 Å². The van der Waals surface area contributed by atoms with Gasteiger partial charge in [-0.2, -0.15) is 0 Å². The van der Waals surface area contributed by atoms with E-state index in [0.29, 0.717) is 12.0 Å². The Balaban J connectivity index is 2.82. The highest BCUT2D eigenvalue weighted by molar-refractivity contribution is 5.77. The molecule has 0 heterocycles. The molecular weight excluding hydrogens is 294 g/mol. The van der Waals surface area contributed by atoms with E-state index in [1.165, 1.54) is 0 Å². The molecule has 23 heavy (non-hydrogen) atoms. The molecule has 5 heteroatoms. The van der Waals surface area contributed by atoms with Crippen LogP contribution in [0.25, 0.3) is 0 Å². The van der Waals surface area contributed by atoms with Crippen molar-refractivity contribution in [1.82, 2.24) is 0 Å². The van der Waals surface area contributed by atoms with Gasteiger partial charge in [-0.05, 0) is 32.8 Å². The second kappa shape index (κ2) is 8.48. The molecule has 2 N–H and O–H groups in total. The standard InChI is InChI=1S/C18H25NO4/c1-13(10-14-8-6-5-7-9-14)15(12-22-16(20)11-19)17(21)23-18(2,3)4/h5-9,15H,1,10-12,19H2,2-4H3/t15-/m1/s1. The van der Waals surface area contributed by atoms with E-state index < -0.39 is 23.5 Å². The van der Waals surface area contributed by atoms with Crippen LogP contribution in [0.2, 0.25) is 0 Å². The SMILES string of the molecule is C=C(Cc1ccccc1)[C@@H](COC(=O)CN)C(=O)OC(C)(C)C. The first-order valence-corrected chi connectivity index (χ1v) is 7.53. The van der Waals surface area contributed by atoms with E-state index in [2.05, 4.69) is 6.58 Å². The van der Waals surface area contributed by atoms with Gasteiger partial charge in [-0.3, -0.25) is 9.59 Å². The van der Waals surface area contributed by atoms with Crippen LogP contribution < -0.4 is 5.73 Å². The predicted molar refractivity (Wildman–Crippen MR) is 88.6 cm³/mol. The molecule has 0 unspecified atom stereocenters. The maximum atomic E-state index is 12.4. The van der Waals surface area contributed by atoms with E-state index in [1.54, 1.807) is 20.8 Å². The number of ether oxygens (including phenoxy) is 2. The van der Waals surface area contributed by atoms with Gasteiger partial charge in [0, 0.05) is 0 Å². The monoisotopic (exact) mass is 319 g/mol. The molecule has 1 rings (SSSR count). The topological polar surface area (TPSA) is 78.6 Å². The fourth-order valence-corrected chi connectivity index (χ4v) is 1.94. The Labute approximate surface area is 137 Å². The summed E-state index contributed by atoms with van der Waals surface area (Å²) in [6.45, 7) is 8.99. The predicted octanol–water partition coefficient (Wildman–Crippen LogP) is 2.25. The van der Waals surface area contributed by atoms with Gasteiger partial charge in [-0.1, -0.05) is 42.5 Å². The van der Waals surface area contributed by atoms with Crippen molar-refractivity contribution in [2.24, 2.45) is 11.7 Å². The summed E-state index contributed by atoms with van der Waals surface area (Å²) in [5.41, 5.74) is 6.26. The Morgan fingerprint density at radius 2 is 1.83 bits per heavy atom. The Hall–Kier alpha value is -2.14. The summed E-state index contributed by atoms with van der Waals surface area (Å²) in [7, 11) is 0. The largest absolute Gasteiger partial charge is 0.463 e. The lowest BCUT2D eigenvalue weighted by atomic mass is 9.94. The molecule has 1 atom stereocenters. The Bertz CT molecular complexity index is 546. The zero-order chi connectivity index (χ0) is 17.5. The summed E-state index contributed by atoms with van der Waals surface area (Å²) in [5, 5.41) is 0. The van der Waals surface area contributed by atoms with E-state index in [-0.39, 0.29) is 13.2 Å². The molecule has 0 bridgehead atoms. The highest BCUT2D eigenvalue weighted by Gasteiger charge is 2.28. The van der Waals surface area contributed by atoms with E-state index in [4.69, 9.17) is 15.2 Å². The first-order chi connectivity index (χ1) is 10.7. The van der Waals surface area contributed by atoms with Gasteiger partial charge in [0.05, 0.1) is 6.54 Å². The molecular formula is C18H25NO4. The average Bonchev–Trinajstić information content (AvgIpc) is 2.46. The first-order valence-electron chi connectivity index (χ1n) is 7.53. The van der Waals surface area contributed by atoms with Gasteiger partial charge in [0.25, 0.3) is 0 Å². The van der Waals surface area contributed by atoms with Gasteiger partial charge >= 0.3 is 11.9 Å². The molecule has 1 aromatic rings. The lowest BCUT2D eigenvalue weighted by molar-refractivity contribution is -0.162. The fourth-order valence-electron chi connectivity index (χ4n) is 1.94. The molecule has 0 saturated heterocycles. The molecule has 0 aliphatic rings. The maximum Gasteiger partial charge on any atom is 0.319 e. The zero-order valence-corrected chi connectivity index (χ0v) is 14.0. The van der Waals surface area contributed by atoms with E-state index >= 15 is 0 Å². The molecule has 0 spiro atoms. The molecule has 1 aromatic carbocycles. The molecule has 0 aliphatic carbocycles. The van der Waals surface area contributed by atoms with Crippen LogP contribution in [0.4, 0.5) is 0 Å². The number of nitrogens with two attached hydrogens (primary N) is 1. The number of benzene rings is 1. The summed E-state index contributed by atoms with van der Waals surface area (Å²) in [6, 6.07) is 9.65. The normalized spacial score (nSPS) is 12.3. The van der Waals surface area contributed by atoms with E-state index in [0.717, 1.165) is 5.56 Å². The number of rotatable bonds is 7. The third-order valence-electron chi connectivity index (χ3n) is 3.04. The highest BCUT2D eigenvalue weighted by Crippen LogP contribution is 2.20. The van der Waals surface area contributed by atoms with Gasteiger partial charge in [0.15, 0.2) is 0 Å². The highest BCUT2D eigenvalue weighted by atomic mass is 16.6. The van der Waals surface area contributed by atoms with Crippen molar-refractivity contribution >= 4 is 11.9 Å². The lowest BCUT2D eigenvalue weighted by Gasteiger charge is -2.25. The van der Waals surface area contributed by atoms with Crippen molar-refractivity contribution in [2.75, 3.05) is 13.2 Å². The molecule has 0 aromatic heterocycles. The number of carbonyl (C=O) groups excluding carboxylic acids is 2. The third-order valence-corrected chi connectivity index (χ3v) is 3.04. The Morgan fingerprint density at radius 3 is 2.35 bits per heavy atom. The van der Waals surface area contributed by atoms with Gasteiger partial charge in [0.1, 0.15) is 18.1 Å². The molecule has 0 radical (unpaired) electrons. The van der Waals surface area contributed by atoms with Crippen molar-refractivity contribution in [3.63, 3.8) is 0 Å². The van der Waals surface area contributed by atoms with Crippen molar-refractivity contribution in [3.8, 4) is 0 Å². The summed E-state index contributed by atoms with van der Waals surface area (Å²) in [5.74, 6) is -1.74. The maximum absolute atomic E-state index is 12.4. The molecule has 0 amide bonds. The summed E-state index contributed by atoms with van der Waals surface area (Å²) >= 11 is 0. The zero-order valence-electron chi connectivity index (χ0n) is 14.0. The minimum atomic E-state index is -0.718. The summed E-state index contributed by atoms with van der Waals surface area (Å²) < 4.78 is 10.4. The molecule has 126 valence electrons. The van der Waals surface area contributed by atoms with Crippen LogP contribution in [0, 0.1) is 5.92 Å². The molecule has 0 fully saturated rings. The number of hydrogen-bond donors (Lipinski definition) is 1. The smallest absolute Gasteiger partial charge is 0.319 e. The van der Waals surface area contributed by atoms with Crippen LogP contribution in [0.3, 0.4) is 0 Å². The van der Waals surface area contributed by atoms with Crippen LogP contribution in [0.5, 0.6) is 0 Å². The van der Waals surface area contributed by atoms with Gasteiger partial charge in [-0.15, -0.1) is 0 Å². The number of carbonyl (C=O) groups is 2. The Kier molecular flexibility index (Phi) is 6.97. The van der Waals surface area contributed by atoms with Crippen molar-refractivity contribution in [3.05, 3.63) is 48.0 Å². The average molecular weight is 319 g/mol. The minimum Gasteiger partial charge on any atom is -0.463 e. The minimum absolute atomic E-state index is 0.114. The summed E-state index contributed by atoms with van der Waals surface area (Å²) in [6.07, 6.45) is 0.505. The number of hydrogen-bond acceptors (Lipinski definition) is 5. The third kappa shape index (κ3) is 7.10. The molecule has 0 aliphatic heterocycles. The molecule has 5 nitrogen and oxygen atoms in total. The van der Waals surface area contributed by atoms with Crippen LogP contribution in [-0.4, -0.2) is 30.7 Å². The summed E-state index contributed by atoms with van der Waals surface area (Å²) in [4.78, 5) is 23.7. The van der Waals surface area contributed by atoms with Crippen molar-refractivity contribution in [2.45, 2.75) is 32.8 Å². The number of esters is 2.